The number of hydrogen-bond acceptors (Lipinski definition) is 4. The van der Waals surface area contributed by atoms with E-state index in [1.807, 2.05) is 12.1 Å². The van der Waals surface area contributed by atoms with E-state index in [2.05, 4.69) is 31.4 Å². The maximum Gasteiger partial charge on any atom is 0.314 e. The Kier molecular flexibility index (Phi) is 6.33. The number of amides is 2. The topological polar surface area (TPSA) is 76.7 Å². The van der Waals surface area contributed by atoms with Crippen molar-refractivity contribution < 1.29 is 19.1 Å². The minimum absolute atomic E-state index is 0.00407. The molecule has 0 heterocycles. The molecule has 6 nitrogen and oxygen atoms in total. The number of methoxy groups -OCH3 is 2. The van der Waals surface area contributed by atoms with Crippen molar-refractivity contribution in [3.05, 3.63) is 47.0 Å². The Morgan fingerprint density at radius 2 is 1.44 bits per heavy atom. The number of ether oxygens (including phenoxy) is 2. The molecule has 0 radical (unpaired) electrons. The summed E-state index contributed by atoms with van der Waals surface area (Å²) < 4.78 is 10.3. The monoisotopic (exact) mass is 390 g/mol. The molecule has 0 atom stereocenters. The summed E-state index contributed by atoms with van der Waals surface area (Å²) in [6.07, 6.45) is 0. The van der Waals surface area contributed by atoms with Crippen LogP contribution in [0.5, 0.6) is 11.5 Å². The molecule has 0 saturated heterocycles. The van der Waals surface area contributed by atoms with Gasteiger partial charge < -0.3 is 20.1 Å². The van der Waals surface area contributed by atoms with Crippen LogP contribution >= 0.6 is 11.6 Å². The van der Waals surface area contributed by atoms with Gasteiger partial charge in [-0.1, -0.05) is 44.5 Å². The predicted octanol–water partition coefficient (Wildman–Crippen LogP) is 4.23. The van der Waals surface area contributed by atoms with E-state index in [1.165, 1.54) is 26.4 Å². The summed E-state index contributed by atoms with van der Waals surface area (Å²) in [7, 11) is 2.89. The van der Waals surface area contributed by atoms with Gasteiger partial charge in [0.05, 0.1) is 24.9 Å². The number of hydrogen-bond donors (Lipinski definition) is 2. The van der Waals surface area contributed by atoms with E-state index in [1.54, 1.807) is 12.1 Å². The van der Waals surface area contributed by atoms with Gasteiger partial charge in [0.2, 0.25) is 0 Å². The van der Waals surface area contributed by atoms with Crippen LogP contribution in [-0.4, -0.2) is 26.0 Å². The second-order valence-corrected chi connectivity index (χ2v) is 7.33. The number of halogens is 1. The van der Waals surface area contributed by atoms with E-state index < -0.39 is 11.8 Å². The lowest BCUT2D eigenvalue weighted by molar-refractivity contribution is -0.133. The van der Waals surface area contributed by atoms with Gasteiger partial charge in [-0.15, -0.1) is 0 Å². The zero-order chi connectivity index (χ0) is 20.2. The standard InChI is InChI=1S/C20H23ClN2O4/c1-20(2,3)12-6-8-13(9-7-12)22-18(24)19(25)23-15-11-16(26-4)14(21)10-17(15)27-5/h6-11H,1-5H3,(H,22,24)(H,23,25). The fourth-order valence-electron chi connectivity index (χ4n) is 2.38. The maximum atomic E-state index is 12.2. The first-order chi connectivity index (χ1) is 12.7. The van der Waals surface area contributed by atoms with Crippen molar-refractivity contribution in [2.45, 2.75) is 26.2 Å². The summed E-state index contributed by atoms with van der Waals surface area (Å²) in [6.45, 7) is 6.30. The minimum atomic E-state index is -0.836. The quantitative estimate of drug-likeness (QED) is 0.766. The van der Waals surface area contributed by atoms with Gasteiger partial charge in [0.25, 0.3) is 0 Å². The molecule has 7 heteroatoms. The molecule has 0 aliphatic heterocycles. The van der Waals surface area contributed by atoms with Gasteiger partial charge in [-0.05, 0) is 23.1 Å². The molecule has 0 aromatic heterocycles. The molecule has 0 aliphatic carbocycles. The number of carbonyl (C=O) groups is 2. The number of rotatable bonds is 4. The second kappa shape index (κ2) is 8.31. The zero-order valence-electron chi connectivity index (χ0n) is 16.0. The van der Waals surface area contributed by atoms with Gasteiger partial charge in [0.15, 0.2) is 0 Å². The lowest BCUT2D eigenvalue weighted by atomic mass is 9.87. The number of anilines is 2. The highest BCUT2D eigenvalue weighted by atomic mass is 35.5. The Morgan fingerprint density at radius 1 is 0.889 bits per heavy atom. The van der Waals surface area contributed by atoms with E-state index in [0.29, 0.717) is 22.2 Å². The average Bonchev–Trinajstić information content (AvgIpc) is 2.62. The van der Waals surface area contributed by atoms with Crippen molar-refractivity contribution in [2.24, 2.45) is 0 Å². The molecule has 0 fully saturated rings. The molecule has 0 spiro atoms. The highest BCUT2D eigenvalue weighted by Crippen LogP contribution is 2.35. The van der Waals surface area contributed by atoms with Crippen LogP contribution in [0.2, 0.25) is 5.02 Å². The molecule has 2 N–H and O–H groups in total. The van der Waals surface area contributed by atoms with Crippen LogP contribution in [0.3, 0.4) is 0 Å². The third-order valence-electron chi connectivity index (χ3n) is 3.94. The van der Waals surface area contributed by atoms with Crippen molar-refractivity contribution in [1.29, 1.82) is 0 Å². The first-order valence-electron chi connectivity index (χ1n) is 8.30. The van der Waals surface area contributed by atoms with Crippen molar-refractivity contribution in [2.75, 3.05) is 24.9 Å². The van der Waals surface area contributed by atoms with E-state index in [9.17, 15) is 9.59 Å². The van der Waals surface area contributed by atoms with Crippen LogP contribution < -0.4 is 20.1 Å². The normalized spacial score (nSPS) is 10.9. The molecule has 144 valence electrons. The van der Waals surface area contributed by atoms with Gasteiger partial charge in [0.1, 0.15) is 11.5 Å². The summed E-state index contributed by atoms with van der Waals surface area (Å²) in [5, 5.41) is 5.40. The zero-order valence-corrected chi connectivity index (χ0v) is 16.7. The van der Waals surface area contributed by atoms with Crippen molar-refractivity contribution in [1.82, 2.24) is 0 Å². The van der Waals surface area contributed by atoms with Crippen molar-refractivity contribution in [3.63, 3.8) is 0 Å². The first kappa shape index (κ1) is 20.6. The fraction of sp³-hybridized carbons (Fsp3) is 0.300. The molecule has 2 rings (SSSR count). The van der Waals surface area contributed by atoms with Gasteiger partial charge >= 0.3 is 11.8 Å². The smallest absolute Gasteiger partial charge is 0.314 e. The average molecular weight is 391 g/mol. The Morgan fingerprint density at radius 3 is 1.96 bits per heavy atom. The van der Waals surface area contributed by atoms with Crippen molar-refractivity contribution >= 4 is 34.8 Å². The predicted molar refractivity (Wildman–Crippen MR) is 107 cm³/mol. The number of benzene rings is 2. The molecular formula is C20H23ClN2O4. The number of nitrogens with one attached hydrogen (secondary N) is 2. The van der Waals surface area contributed by atoms with Crippen LogP contribution in [0.4, 0.5) is 11.4 Å². The number of carbonyl (C=O) groups excluding carboxylic acids is 2. The van der Waals surface area contributed by atoms with Crippen LogP contribution in [0.1, 0.15) is 26.3 Å². The van der Waals surface area contributed by atoms with Gasteiger partial charge in [-0.2, -0.15) is 0 Å². The van der Waals surface area contributed by atoms with E-state index in [-0.39, 0.29) is 11.1 Å². The first-order valence-corrected chi connectivity index (χ1v) is 8.68. The van der Waals surface area contributed by atoms with E-state index >= 15 is 0 Å². The molecular weight excluding hydrogens is 368 g/mol. The maximum absolute atomic E-state index is 12.2. The minimum Gasteiger partial charge on any atom is -0.495 e. The summed E-state index contributed by atoms with van der Waals surface area (Å²) >= 11 is 6.03. The Labute approximate surface area is 163 Å². The highest BCUT2D eigenvalue weighted by molar-refractivity contribution is 6.44. The van der Waals surface area contributed by atoms with Crippen LogP contribution in [0.25, 0.3) is 0 Å². The third-order valence-corrected chi connectivity index (χ3v) is 4.23. The summed E-state index contributed by atoms with van der Waals surface area (Å²) in [5.74, 6) is -0.963. The largest absolute Gasteiger partial charge is 0.495 e. The molecule has 0 aliphatic rings. The molecule has 0 bridgehead atoms. The molecule has 27 heavy (non-hydrogen) atoms. The molecule has 0 saturated carbocycles. The summed E-state index contributed by atoms with van der Waals surface area (Å²) in [4.78, 5) is 24.4. The molecule has 2 aromatic rings. The van der Waals surface area contributed by atoms with Crippen LogP contribution in [0, 0.1) is 0 Å². The van der Waals surface area contributed by atoms with E-state index in [4.69, 9.17) is 21.1 Å². The van der Waals surface area contributed by atoms with Gasteiger partial charge in [-0.25, -0.2) is 0 Å². The Hall–Kier alpha value is -2.73. The fourth-order valence-corrected chi connectivity index (χ4v) is 2.61. The Bertz CT molecular complexity index is 842. The molecule has 0 unspecified atom stereocenters. The van der Waals surface area contributed by atoms with E-state index in [0.717, 1.165) is 5.56 Å². The van der Waals surface area contributed by atoms with Crippen molar-refractivity contribution in [3.8, 4) is 11.5 Å². The molecule has 2 aromatic carbocycles. The Balaban J connectivity index is 2.11. The SMILES string of the molecule is COc1cc(NC(=O)C(=O)Nc2ccc(C(C)(C)C)cc2)c(OC)cc1Cl. The van der Waals surface area contributed by atoms with Gasteiger partial charge in [-0.3, -0.25) is 9.59 Å². The van der Waals surface area contributed by atoms with Crippen LogP contribution in [-0.2, 0) is 15.0 Å². The van der Waals surface area contributed by atoms with Gasteiger partial charge in [0, 0.05) is 17.8 Å². The lowest BCUT2D eigenvalue weighted by Crippen LogP contribution is -2.29. The summed E-state index contributed by atoms with van der Waals surface area (Å²) in [5.41, 5.74) is 1.94. The van der Waals surface area contributed by atoms with Crippen LogP contribution in [0.15, 0.2) is 36.4 Å². The summed E-state index contributed by atoms with van der Waals surface area (Å²) in [6, 6.07) is 10.3. The second-order valence-electron chi connectivity index (χ2n) is 6.92. The molecule has 2 amide bonds. The highest BCUT2D eigenvalue weighted by Gasteiger charge is 2.19. The third kappa shape index (κ3) is 5.14. The lowest BCUT2D eigenvalue weighted by Gasteiger charge is -2.19.